The smallest absolute Gasteiger partial charge is 0.245 e. The molecule has 1 saturated heterocycles. The number of rotatable bonds is 2. The number of amides is 2. The van der Waals surface area contributed by atoms with Crippen molar-refractivity contribution in [2.24, 2.45) is 5.92 Å². The SMILES string of the molecule is CC1NC(=O)C(C)N(CC2CCCCC2)C1=O. The lowest BCUT2D eigenvalue weighted by Crippen LogP contribution is -2.62. The molecule has 2 fully saturated rings. The first-order valence-corrected chi connectivity index (χ1v) is 6.70. The highest BCUT2D eigenvalue weighted by Crippen LogP contribution is 2.25. The van der Waals surface area contributed by atoms with Gasteiger partial charge in [0.05, 0.1) is 0 Å². The number of nitrogens with one attached hydrogen (secondary N) is 1. The van der Waals surface area contributed by atoms with Crippen LogP contribution in [0.5, 0.6) is 0 Å². The van der Waals surface area contributed by atoms with E-state index >= 15 is 0 Å². The maximum absolute atomic E-state index is 12.1. The topological polar surface area (TPSA) is 49.4 Å². The van der Waals surface area contributed by atoms with Gasteiger partial charge in [-0.25, -0.2) is 0 Å². The van der Waals surface area contributed by atoms with Crippen molar-refractivity contribution in [2.75, 3.05) is 6.54 Å². The van der Waals surface area contributed by atoms with E-state index in [0.29, 0.717) is 5.92 Å². The second kappa shape index (κ2) is 5.07. The van der Waals surface area contributed by atoms with Gasteiger partial charge in [0.15, 0.2) is 0 Å². The number of hydrogen-bond acceptors (Lipinski definition) is 2. The highest BCUT2D eigenvalue weighted by molar-refractivity contribution is 5.96. The lowest BCUT2D eigenvalue weighted by molar-refractivity contribution is -0.148. The van der Waals surface area contributed by atoms with Gasteiger partial charge in [0.25, 0.3) is 0 Å². The van der Waals surface area contributed by atoms with E-state index < -0.39 is 0 Å². The second-order valence-electron chi connectivity index (χ2n) is 5.40. The molecule has 17 heavy (non-hydrogen) atoms. The largest absolute Gasteiger partial charge is 0.343 e. The molecule has 1 N–H and O–H groups in total. The van der Waals surface area contributed by atoms with Crippen molar-refractivity contribution in [1.29, 1.82) is 0 Å². The molecule has 0 bridgehead atoms. The molecule has 1 aliphatic heterocycles. The first kappa shape index (κ1) is 12.4. The van der Waals surface area contributed by atoms with Crippen molar-refractivity contribution < 1.29 is 9.59 Å². The van der Waals surface area contributed by atoms with Gasteiger partial charge in [-0.05, 0) is 32.6 Å². The van der Waals surface area contributed by atoms with Gasteiger partial charge in [-0.1, -0.05) is 19.3 Å². The zero-order valence-corrected chi connectivity index (χ0v) is 10.7. The highest BCUT2D eigenvalue weighted by atomic mass is 16.2. The molecule has 4 nitrogen and oxygen atoms in total. The Morgan fingerprint density at radius 2 is 1.82 bits per heavy atom. The molecule has 0 aromatic carbocycles. The maximum atomic E-state index is 12.1. The van der Waals surface area contributed by atoms with Gasteiger partial charge in [0.1, 0.15) is 12.1 Å². The Hall–Kier alpha value is -1.06. The van der Waals surface area contributed by atoms with E-state index in [1.54, 1.807) is 11.8 Å². The minimum Gasteiger partial charge on any atom is -0.343 e. The fourth-order valence-corrected chi connectivity index (χ4v) is 2.87. The molecule has 2 unspecified atom stereocenters. The Morgan fingerprint density at radius 3 is 2.47 bits per heavy atom. The van der Waals surface area contributed by atoms with Crippen LogP contribution in [0.2, 0.25) is 0 Å². The lowest BCUT2D eigenvalue weighted by atomic mass is 9.88. The summed E-state index contributed by atoms with van der Waals surface area (Å²) in [4.78, 5) is 25.5. The number of piperazine rings is 1. The molecule has 1 aliphatic carbocycles. The molecule has 0 spiro atoms. The summed E-state index contributed by atoms with van der Waals surface area (Å²) < 4.78 is 0. The van der Waals surface area contributed by atoms with Crippen LogP contribution in [0.15, 0.2) is 0 Å². The normalized spacial score (nSPS) is 31.5. The fourth-order valence-electron chi connectivity index (χ4n) is 2.87. The van der Waals surface area contributed by atoms with Crippen LogP contribution in [0, 0.1) is 5.92 Å². The number of hydrogen-bond donors (Lipinski definition) is 1. The van der Waals surface area contributed by atoms with Gasteiger partial charge in [-0.15, -0.1) is 0 Å². The van der Waals surface area contributed by atoms with E-state index in [-0.39, 0.29) is 23.9 Å². The monoisotopic (exact) mass is 238 g/mol. The van der Waals surface area contributed by atoms with Crippen molar-refractivity contribution in [3.05, 3.63) is 0 Å². The van der Waals surface area contributed by atoms with Gasteiger partial charge in [-0.3, -0.25) is 9.59 Å². The molecular formula is C13H22N2O2. The van der Waals surface area contributed by atoms with Crippen molar-refractivity contribution in [1.82, 2.24) is 10.2 Å². The summed E-state index contributed by atoms with van der Waals surface area (Å²) in [7, 11) is 0. The van der Waals surface area contributed by atoms with Crippen LogP contribution in [0.4, 0.5) is 0 Å². The first-order chi connectivity index (χ1) is 8.09. The van der Waals surface area contributed by atoms with Crippen LogP contribution in [0.25, 0.3) is 0 Å². The van der Waals surface area contributed by atoms with Crippen molar-refractivity contribution in [3.63, 3.8) is 0 Å². The van der Waals surface area contributed by atoms with Gasteiger partial charge in [-0.2, -0.15) is 0 Å². The number of nitrogens with zero attached hydrogens (tertiary/aromatic N) is 1. The minimum atomic E-state index is -0.359. The predicted molar refractivity (Wildman–Crippen MR) is 65.4 cm³/mol. The lowest BCUT2D eigenvalue weighted by Gasteiger charge is -2.38. The number of carbonyl (C=O) groups is 2. The molecule has 96 valence electrons. The molecule has 0 radical (unpaired) electrons. The molecule has 2 atom stereocenters. The Morgan fingerprint density at radius 1 is 1.18 bits per heavy atom. The third-order valence-electron chi connectivity index (χ3n) is 4.04. The van der Waals surface area contributed by atoms with E-state index in [1.165, 1.54) is 32.1 Å². The Balaban J connectivity index is 2.00. The molecule has 0 aromatic rings. The van der Waals surface area contributed by atoms with Crippen molar-refractivity contribution >= 4 is 11.8 Å². The second-order valence-corrected chi connectivity index (χ2v) is 5.40. The third-order valence-corrected chi connectivity index (χ3v) is 4.04. The summed E-state index contributed by atoms with van der Waals surface area (Å²) in [5.41, 5.74) is 0. The molecule has 1 saturated carbocycles. The van der Waals surface area contributed by atoms with Gasteiger partial charge < -0.3 is 10.2 Å². The Kier molecular flexibility index (Phi) is 3.69. The van der Waals surface area contributed by atoms with E-state index in [0.717, 1.165) is 6.54 Å². The summed E-state index contributed by atoms with van der Waals surface area (Å²) in [6.45, 7) is 4.35. The summed E-state index contributed by atoms with van der Waals surface area (Å²) in [5, 5.41) is 2.72. The fraction of sp³-hybridized carbons (Fsp3) is 0.846. The van der Waals surface area contributed by atoms with E-state index in [2.05, 4.69) is 5.32 Å². The highest BCUT2D eigenvalue weighted by Gasteiger charge is 2.36. The van der Waals surface area contributed by atoms with Gasteiger partial charge >= 0.3 is 0 Å². The maximum Gasteiger partial charge on any atom is 0.245 e. The van der Waals surface area contributed by atoms with Crippen LogP contribution in [0.1, 0.15) is 46.0 Å². The Bertz CT molecular complexity index is 311. The summed E-state index contributed by atoms with van der Waals surface area (Å²) in [5.74, 6) is 0.642. The zero-order valence-electron chi connectivity index (χ0n) is 10.7. The molecule has 4 heteroatoms. The van der Waals surface area contributed by atoms with Crippen LogP contribution in [0.3, 0.4) is 0 Å². The summed E-state index contributed by atoms with van der Waals surface area (Å²) in [6.07, 6.45) is 6.25. The molecule has 2 aliphatic rings. The molecule has 2 rings (SSSR count). The number of carbonyl (C=O) groups excluding carboxylic acids is 2. The average molecular weight is 238 g/mol. The zero-order chi connectivity index (χ0) is 12.4. The standard InChI is InChI=1S/C13H22N2O2/c1-9-13(17)15(10(2)12(16)14-9)8-11-6-4-3-5-7-11/h9-11H,3-8H2,1-2H3,(H,14,16). The van der Waals surface area contributed by atoms with Crippen LogP contribution in [-0.4, -0.2) is 35.3 Å². The van der Waals surface area contributed by atoms with Gasteiger partial charge in [0, 0.05) is 6.54 Å². The van der Waals surface area contributed by atoms with Crippen LogP contribution >= 0.6 is 0 Å². The van der Waals surface area contributed by atoms with E-state index in [1.807, 2.05) is 6.92 Å². The van der Waals surface area contributed by atoms with Gasteiger partial charge in [0.2, 0.25) is 11.8 Å². The average Bonchev–Trinajstić information content (AvgIpc) is 2.33. The summed E-state index contributed by atoms with van der Waals surface area (Å²) >= 11 is 0. The van der Waals surface area contributed by atoms with E-state index in [4.69, 9.17) is 0 Å². The first-order valence-electron chi connectivity index (χ1n) is 6.70. The molecule has 1 heterocycles. The molecular weight excluding hydrogens is 216 g/mol. The molecule has 2 amide bonds. The van der Waals surface area contributed by atoms with E-state index in [9.17, 15) is 9.59 Å². The predicted octanol–water partition coefficient (Wildman–Crippen LogP) is 1.30. The summed E-state index contributed by atoms with van der Waals surface area (Å²) in [6, 6.07) is -0.664. The Labute approximate surface area is 103 Å². The van der Waals surface area contributed by atoms with Crippen molar-refractivity contribution in [2.45, 2.75) is 58.0 Å². The third kappa shape index (κ3) is 2.61. The van der Waals surface area contributed by atoms with Crippen LogP contribution < -0.4 is 5.32 Å². The van der Waals surface area contributed by atoms with Crippen LogP contribution in [-0.2, 0) is 9.59 Å². The van der Waals surface area contributed by atoms with Crippen molar-refractivity contribution in [3.8, 4) is 0 Å². The quantitative estimate of drug-likeness (QED) is 0.788. The molecule has 0 aromatic heterocycles. The minimum absolute atomic E-state index is 0.0205.